The Labute approximate surface area is 220 Å². The molecule has 1 N–H and O–H groups in total. The number of sulfonamides is 1. The maximum absolute atomic E-state index is 13.6. The summed E-state index contributed by atoms with van der Waals surface area (Å²) in [7, 11) is -3.99. The molecule has 0 saturated heterocycles. The van der Waals surface area contributed by atoms with Gasteiger partial charge in [-0.3, -0.25) is 0 Å². The number of thiophene rings is 1. The van der Waals surface area contributed by atoms with Crippen molar-refractivity contribution < 1.29 is 26.3 Å². The zero-order chi connectivity index (χ0) is 25.4. The van der Waals surface area contributed by atoms with Crippen molar-refractivity contribution >= 4 is 56.3 Å². The Morgan fingerprint density at radius 3 is 2.49 bits per heavy atom. The van der Waals surface area contributed by atoms with Gasteiger partial charge >= 0.3 is 6.18 Å². The highest BCUT2D eigenvalue weighted by molar-refractivity contribution is 8.01. The Hall–Kier alpha value is -1.17. The Morgan fingerprint density at radius 1 is 1.14 bits per heavy atom. The van der Waals surface area contributed by atoms with Crippen molar-refractivity contribution in [3.8, 4) is 0 Å². The van der Waals surface area contributed by atoms with Crippen LogP contribution in [0.25, 0.3) is 0 Å². The van der Waals surface area contributed by atoms with E-state index >= 15 is 0 Å². The fourth-order valence-electron chi connectivity index (χ4n) is 4.03. The molecule has 0 amide bonds. The molecule has 2 aliphatic carbocycles. The highest BCUT2D eigenvalue weighted by Gasteiger charge is 2.39. The van der Waals surface area contributed by atoms with Gasteiger partial charge in [0.2, 0.25) is 0 Å². The molecule has 12 heteroatoms. The molecule has 0 radical (unpaired) electrons. The molecule has 1 saturated carbocycles. The van der Waals surface area contributed by atoms with Gasteiger partial charge in [0.1, 0.15) is 9.97 Å². The lowest BCUT2D eigenvalue weighted by molar-refractivity contribution is -0.0934. The fourth-order valence-corrected chi connectivity index (χ4v) is 8.42. The normalized spacial score (nSPS) is 23.2. The standard InChI is InChI=1S/C23H22Cl2F3NO3S3/c1-13-5-7-15(11-13)32-19-12-14(6-8-16(19)23(26,27)28)29-35(30,31)21-10-9-20(33-21)34-22-17(24)3-2-4-18(22)25/h2-4,6,8-10,13-15,29H,5,7,11-12H2,1H3/t13?,14?,15-/m1/s1. The summed E-state index contributed by atoms with van der Waals surface area (Å²) in [6.45, 7) is 2.04. The number of ether oxygens (including phenoxy) is 1. The molecule has 0 aliphatic heterocycles. The van der Waals surface area contributed by atoms with Crippen LogP contribution >= 0.6 is 46.3 Å². The molecule has 2 aromatic rings. The first-order valence-electron chi connectivity index (χ1n) is 10.8. The van der Waals surface area contributed by atoms with Crippen LogP contribution < -0.4 is 4.72 Å². The van der Waals surface area contributed by atoms with Crippen molar-refractivity contribution in [2.75, 3.05) is 0 Å². The predicted octanol–water partition coefficient (Wildman–Crippen LogP) is 7.83. The maximum Gasteiger partial charge on any atom is 0.419 e. The van der Waals surface area contributed by atoms with Crippen LogP contribution in [0.2, 0.25) is 10.0 Å². The van der Waals surface area contributed by atoms with Crippen LogP contribution in [-0.4, -0.2) is 26.7 Å². The molecule has 1 fully saturated rings. The van der Waals surface area contributed by atoms with Gasteiger partial charge in [-0.05, 0) is 55.5 Å². The largest absolute Gasteiger partial charge is 0.494 e. The zero-order valence-corrected chi connectivity index (χ0v) is 22.4. The van der Waals surface area contributed by atoms with Crippen LogP contribution in [0, 0.1) is 5.92 Å². The zero-order valence-electron chi connectivity index (χ0n) is 18.4. The molecule has 1 heterocycles. The van der Waals surface area contributed by atoms with Crippen LogP contribution in [-0.2, 0) is 14.8 Å². The smallest absolute Gasteiger partial charge is 0.419 e. The average molecular weight is 585 g/mol. The van der Waals surface area contributed by atoms with E-state index in [9.17, 15) is 21.6 Å². The predicted molar refractivity (Wildman–Crippen MR) is 134 cm³/mol. The minimum Gasteiger partial charge on any atom is -0.494 e. The molecule has 0 bridgehead atoms. The number of halogens is 5. The lowest BCUT2D eigenvalue weighted by atomic mass is 10.0. The number of alkyl halides is 3. The second-order valence-corrected chi connectivity index (χ2v) is 13.7. The third-order valence-corrected chi connectivity index (χ3v) is 10.9. The summed E-state index contributed by atoms with van der Waals surface area (Å²) in [5.41, 5.74) is -0.862. The van der Waals surface area contributed by atoms with E-state index in [1.165, 1.54) is 23.9 Å². The maximum atomic E-state index is 13.6. The molecule has 4 nitrogen and oxygen atoms in total. The average Bonchev–Trinajstić information content (AvgIpc) is 3.39. The van der Waals surface area contributed by atoms with E-state index in [-0.39, 0.29) is 22.5 Å². The molecule has 1 aromatic heterocycles. The third kappa shape index (κ3) is 6.59. The van der Waals surface area contributed by atoms with Gasteiger partial charge in [-0.1, -0.05) is 54.0 Å². The van der Waals surface area contributed by atoms with Crippen molar-refractivity contribution in [2.24, 2.45) is 5.92 Å². The van der Waals surface area contributed by atoms with E-state index in [0.29, 0.717) is 37.9 Å². The van der Waals surface area contributed by atoms with E-state index in [1.807, 2.05) is 6.92 Å². The van der Waals surface area contributed by atoms with Gasteiger partial charge in [-0.15, -0.1) is 11.3 Å². The van der Waals surface area contributed by atoms with Gasteiger partial charge in [-0.2, -0.15) is 13.2 Å². The lowest BCUT2D eigenvalue weighted by Crippen LogP contribution is -2.36. The summed E-state index contributed by atoms with van der Waals surface area (Å²) in [6, 6.07) is 7.30. The van der Waals surface area contributed by atoms with Crippen molar-refractivity contribution in [3.05, 3.63) is 63.9 Å². The lowest BCUT2D eigenvalue weighted by Gasteiger charge is -2.26. The van der Waals surface area contributed by atoms with E-state index in [0.717, 1.165) is 23.8 Å². The van der Waals surface area contributed by atoms with Gasteiger partial charge in [0, 0.05) is 12.5 Å². The number of rotatable bonds is 7. The number of nitrogens with one attached hydrogen (secondary N) is 1. The number of hydrogen-bond donors (Lipinski definition) is 1. The first kappa shape index (κ1) is 26.9. The second kappa shape index (κ2) is 10.7. The molecule has 3 atom stereocenters. The minimum atomic E-state index is -4.58. The van der Waals surface area contributed by atoms with Gasteiger partial charge in [0.25, 0.3) is 10.0 Å². The molecular formula is C23H22Cl2F3NO3S3. The van der Waals surface area contributed by atoms with Crippen molar-refractivity contribution in [2.45, 2.75) is 64.2 Å². The number of hydrogen-bond acceptors (Lipinski definition) is 5. The Bertz CT molecular complexity index is 1240. The topological polar surface area (TPSA) is 55.4 Å². The van der Waals surface area contributed by atoms with Crippen LogP contribution in [0.15, 0.2) is 67.1 Å². The second-order valence-electron chi connectivity index (χ2n) is 8.51. The highest BCUT2D eigenvalue weighted by Crippen LogP contribution is 2.42. The Balaban J connectivity index is 1.48. The highest BCUT2D eigenvalue weighted by atomic mass is 35.5. The Kier molecular flexibility index (Phi) is 8.20. The molecule has 0 spiro atoms. The SMILES string of the molecule is CC1CC[C@@H](OC2=C(C(F)(F)F)C=CC(NS(=O)(=O)c3ccc(Sc4c(Cl)cccc4Cl)s3)C2)C1. The molecule has 2 unspecified atom stereocenters. The minimum absolute atomic E-state index is 0.0364. The molecule has 35 heavy (non-hydrogen) atoms. The van der Waals surface area contributed by atoms with Crippen molar-refractivity contribution in [3.63, 3.8) is 0 Å². The van der Waals surface area contributed by atoms with Crippen molar-refractivity contribution in [1.29, 1.82) is 0 Å². The van der Waals surface area contributed by atoms with Gasteiger partial charge in [-0.25, -0.2) is 13.1 Å². The first-order valence-corrected chi connectivity index (χ1v) is 14.7. The Morgan fingerprint density at radius 2 is 1.86 bits per heavy atom. The van der Waals surface area contributed by atoms with Crippen LogP contribution in [0.5, 0.6) is 0 Å². The molecule has 190 valence electrons. The molecule has 2 aliphatic rings. The summed E-state index contributed by atoms with van der Waals surface area (Å²) in [5.74, 6) is 0.164. The van der Waals surface area contributed by atoms with E-state index in [4.69, 9.17) is 27.9 Å². The summed E-state index contributed by atoms with van der Waals surface area (Å²) in [6.07, 6.45) is -0.715. The third-order valence-electron chi connectivity index (χ3n) is 5.71. The summed E-state index contributed by atoms with van der Waals surface area (Å²) in [5, 5.41) is 0.893. The number of benzene rings is 1. The number of allylic oxidation sites excluding steroid dienone is 2. The van der Waals surface area contributed by atoms with Gasteiger partial charge in [0.05, 0.1) is 30.8 Å². The van der Waals surface area contributed by atoms with Crippen LogP contribution in [0.4, 0.5) is 13.2 Å². The monoisotopic (exact) mass is 583 g/mol. The van der Waals surface area contributed by atoms with E-state index < -0.39 is 27.8 Å². The van der Waals surface area contributed by atoms with E-state index in [1.54, 1.807) is 24.3 Å². The molecule has 1 aromatic carbocycles. The van der Waals surface area contributed by atoms with Gasteiger partial charge < -0.3 is 4.74 Å². The first-order chi connectivity index (χ1) is 16.4. The van der Waals surface area contributed by atoms with Crippen LogP contribution in [0.3, 0.4) is 0 Å². The summed E-state index contributed by atoms with van der Waals surface area (Å²) < 4.78 is 75.6. The van der Waals surface area contributed by atoms with E-state index in [2.05, 4.69) is 4.72 Å². The van der Waals surface area contributed by atoms with Gasteiger partial charge in [0.15, 0.2) is 0 Å². The molecular weight excluding hydrogens is 562 g/mol. The van der Waals surface area contributed by atoms with Crippen molar-refractivity contribution in [1.82, 2.24) is 4.72 Å². The summed E-state index contributed by atoms with van der Waals surface area (Å²) in [4.78, 5) is 0.609. The summed E-state index contributed by atoms with van der Waals surface area (Å²) >= 11 is 14.7. The molecule has 4 rings (SSSR count). The van der Waals surface area contributed by atoms with Crippen LogP contribution in [0.1, 0.15) is 32.6 Å². The fraction of sp³-hybridized carbons (Fsp3) is 0.391. The quantitative estimate of drug-likeness (QED) is 0.361.